The van der Waals surface area contributed by atoms with Crippen molar-refractivity contribution in [3.05, 3.63) is 72.3 Å². The van der Waals surface area contributed by atoms with Gasteiger partial charge in [-0.3, -0.25) is 0 Å². The first kappa shape index (κ1) is 14.8. The summed E-state index contributed by atoms with van der Waals surface area (Å²) >= 11 is 0. The van der Waals surface area contributed by atoms with Crippen LogP contribution in [-0.2, 0) is 0 Å². The van der Waals surface area contributed by atoms with Crippen LogP contribution in [0.3, 0.4) is 0 Å². The van der Waals surface area contributed by atoms with Crippen LogP contribution in [0.25, 0.3) is 21.5 Å². The predicted molar refractivity (Wildman–Crippen MR) is 97.1 cm³/mol. The maximum absolute atomic E-state index is 3.50. The van der Waals surface area contributed by atoms with Crippen LogP contribution in [0.4, 0.5) is 0 Å². The maximum Gasteiger partial charge on any atom is -0.00989 e. The van der Waals surface area contributed by atoms with Crippen molar-refractivity contribution in [1.82, 2.24) is 0 Å². The lowest BCUT2D eigenvalue weighted by Crippen LogP contribution is -1.82. The fourth-order valence-corrected chi connectivity index (χ4v) is 2.95. The van der Waals surface area contributed by atoms with Crippen molar-refractivity contribution in [1.29, 1.82) is 0 Å². The SMILES string of the molecule is CCCCCC/C=[C]\c1cccc2cc3ccccc3cc12. The highest BCUT2D eigenvalue weighted by Crippen LogP contribution is 2.25. The molecular weight excluding hydrogens is 264 g/mol. The van der Waals surface area contributed by atoms with Crippen molar-refractivity contribution in [3.8, 4) is 0 Å². The highest BCUT2D eigenvalue weighted by molar-refractivity contribution is 5.99. The second kappa shape index (κ2) is 7.26. The van der Waals surface area contributed by atoms with E-state index < -0.39 is 0 Å². The Labute approximate surface area is 133 Å². The Morgan fingerprint density at radius 2 is 1.59 bits per heavy atom. The Kier molecular flexibility index (Phi) is 4.90. The van der Waals surface area contributed by atoms with Gasteiger partial charge in [0.05, 0.1) is 0 Å². The van der Waals surface area contributed by atoms with E-state index in [-0.39, 0.29) is 0 Å². The number of fused-ring (bicyclic) bond motifs is 2. The Balaban J connectivity index is 1.86. The summed E-state index contributed by atoms with van der Waals surface area (Å²) in [5.41, 5.74) is 1.21. The molecule has 0 aliphatic carbocycles. The highest BCUT2D eigenvalue weighted by atomic mass is 14.0. The van der Waals surface area contributed by atoms with Crippen molar-refractivity contribution in [2.45, 2.75) is 39.0 Å². The molecule has 0 saturated carbocycles. The van der Waals surface area contributed by atoms with Gasteiger partial charge >= 0.3 is 0 Å². The quantitative estimate of drug-likeness (QED) is 0.351. The molecule has 0 N–H and O–H groups in total. The molecule has 0 atom stereocenters. The summed E-state index contributed by atoms with van der Waals surface area (Å²) in [5, 5.41) is 5.19. The molecule has 22 heavy (non-hydrogen) atoms. The summed E-state index contributed by atoms with van der Waals surface area (Å²) in [6, 6.07) is 19.6. The molecule has 0 spiro atoms. The minimum Gasteiger partial charge on any atom is -0.0760 e. The molecule has 0 aliphatic rings. The van der Waals surface area contributed by atoms with E-state index in [0.717, 1.165) is 6.42 Å². The lowest BCUT2D eigenvalue weighted by Gasteiger charge is -2.05. The lowest BCUT2D eigenvalue weighted by molar-refractivity contribution is 0.674. The zero-order valence-corrected chi connectivity index (χ0v) is 13.3. The van der Waals surface area contributed by atoms with E-state index in [1.165, 1.54) is 52.8 Å². The smallest absolute Gasteiger partial charge is 0.00989 e. The number of unbranched alkanes of at least 4 members (excludes halogenated alkanes) is 4. The summed E-state index contributed by atoms with van der Waals surface area (Å²) in [4.78, 5) is 0. The summed E-state index contributed by atoms with van der Waals surface area (Å²) < 4.78 is 0. The standard InChI is InChI=1S/C22H23/c1-2-3-4-5-6-7-11-18-14-10-15-21-16-19-12-8-9-13-20(19)17-22(18)21/h7-10,12-17H,2-6H2,1H3. The molecule has 0 saturated heterocycles. The summed E-state index contributed by atoms with van der Waals surface area (Å²) in [7, 11) is 0. The normalized spacial score (nSPS) is 11.7. The third-order valence-corrected chi connectivity index (χ3v) is 4.21. The number of hydrogen-bond donors (Lipinski definition) is 0. The molecule has 1 radical (unpaired) electrons. The second-order valence-electron chi connectivity index (χ2n) is 5.92. The Bertz CT molecular complexity index is 780. The van der Waals surface area contributed by atoms with Gasteiger partial charge in [0.25, 0.3) is 0 Å². The van der Waals surface area contributed by atoms with Gasteiger partial charge in [-0.05, 0) is 58.2 Å². The minimum absolute atomic E-state index is 1.13. The number of allylic oxidation sites excluding steroid dienone is 1. The monoisotopic (exact) mass is 287 g/mol. The van der Waals surface area contributed by atoms with Gasteiger partial charge in [-0.1, -0.05) is 74.7 Å². The van der Waals surface area contributed by atoms with Crippen LogP contribution in [0.2, 0.25) is 0 Å². The van der Waals surface area contributed by atoms with Gasteiger partial charge in [0, 0.05) is 0 Å². The summed E-state index contributed by atoms with van der Waals surface area (Å²) in [5.74, 6) is 0. The minimum atomic E-state index is 1.13. The van der Waals surface area contributed by atoms with Gasteiger partial charge in [0.2, 0.25) is 0 Å². The van der Waals surface area contributed by atoms with Crippen LogP contribution in [-0.4, -0.2) is 0 Å². The number of hydrogen-bond acceptors (Lipinski definition) is 0. The Hall–Kier alpha value is -2.08. The van der Waals surface area contributed by atoms with Crippen molar-refractivity contribution >= 4 is 21.5 Å². The van der Waals surface area contributed by atoms with Crippen LogP contribution in [0.1, 0.15) is 44.6 Å². The molecule has 3 rings (SSSR count). The molecular formula is C22H23. The summed E-state index contributed by atoms with van der Waals surface area (Å²) in [6.07, 6.45) is 12.1. The van der Waals surface area contributed by atoms with Crippen LogP contribution in [0.15, 0.2) is 60.7 Å². The van der Waals surface area contributed by atoms with Gasteiger partial charge in [0.1, 0.15) is 0 Å². The third-order valence-electron chi connectivity index (χ3n) is 4.21. The average molecular weight is 287 g/mol. The fourth-order valence-electron chi connectivity index (χ4n) is 2.95. The zero-order chi connectivity index (χ0) is 15.2. The van der Waals surface area contributed by atoms with E-state index in [1.807, 2.05) is 0 Å². The first-order valence-electron chi connectivity index (χ1n) is 8.38. The van der Waals surface area contributed by atoms with Crippen molar-refractivity contribution in [2.24, 2.45) is 0 Å². The highest BCUT2D eigenvalue weighted by Gasteiger charge is 2.01. The van der Waals surface area contributed by atoms with Crippen LogP contribution < -0.4 is 0 Å². The molecule has 0 bridgehead atoms. The van der Waals surface area contributed by atoms with Crippen molar-refractivity contribution in [2.75, 3.05) is 0 Å². The fraction of sp³-hybridized carbons (Fsp3) is 0.273. The van der Waals surface area contributed by atoms with E-state index in [1.54, 1.807) is 0 Å². The number of benzene rings is 3. The van der Waals surface area contributed by atoms with E-state index in [2.05, 4.69) is 73.7 Å². The Morgan fingerprint density at radius 3 is 2.41 bits per heavy atom. The summed E-state index contributed by atoms with van der Waals surface area (Å²) in [6.45, 7) is 2.25. The van der Waals surface area contributed by atoms with Crippen LogP contribution in [0.5, 0.6) is 0 Å². The van der Waals surface area contributed by atoms with Gasteiger partial charge in [-0.2, -0.15) is 0 Å². The Morgan fingerprint density at radius 1 is 0.818 bits per heavy atom. The molecule has 0 aromatic heterocycles. The van der Waals surface area contributed by atoms with Gasteiger partial charge < -0.3 is 0 Å². The molecule has 0 nitrogen and oxygen atoms in total. The first-order chi connectivity index (χ1) is 10.9. The molecule has 0 heterocycles. The van der Waals surface area contributed by atoms with Crippen molar-refractivity contribution < 1.29 is 0 Å². The maximum atomic E-state index is 3.50. The lowest BCUT2D eigenvalue weighted by atomic mass is 9.99. The molecule has 0 amide bonds. The van der Waals surface area contributed by atoms with Gasteiger partial charge in [-0.15, -0.1) is 0 Å². The van der Waals surface area contributed by atoms with Crippen LogP contribution >= 0.6 is 0 Å². The van der Waals surface area contributed by atoms with E-state index in [9.17, 15) is 0 Å². The van der Waals surface area contributed by atoms with Gasteiger partial charge in [-0.25, -0.2) is 0 Å². The van der Waals surface area contributed by atoms with E-state index >= 15 is 0 Å². The molecule has 0 heteroatoms. The molecule has 111 valence electrons. The van der Waals surface area contributed by atoms with Crippen molar-refractivity contribution in [3.63, 3.8) is 0 Å². The average Bonchev–Trinajstić information content (AvgIpc) is 2.56. The molecule has 3 aromatic rings. The topological polar surface area (TPSA) is 0 Å². The van der Waals surface area contributed by atoms with E-state index in [4.69, 9.17) is 0 Å². The second-order valence-corrected chi connectivity index (χ2v) is 5.92. The molecule has 0 fully saturated rings. The largest absolute Gasteiger partial charge is 0.0760 e. The van der Waals surface area contributed by atoms with E-state index in [0.29, 0.717) is 0 Å². The molecule has 3 aromatic carbocycles. The zero-order valence-electron chi connectivity index (χ0n) is 13.3. The third kappa shape index (κ3) is 3.39. The first-order valence-corrected chi connectivity index (χ1v) is 8.38. The predicted octanol–water partition coefficient (Wildman–Crippen LogP) is 6.67. The molecule has 0 aliphatic heterocycles. The molecule has 0 unspecified atom stereocenters. The van der Waals surface area contributed by atoms with Crippen LogP contribution in [0, 0.1) is 6.08 Å². The van der Waals surface area contributed by atoms with Gasteiger partial charge in [0.15, 0.2) is 0 Å². The number of rotatable bonds is 6.